The monoisotopic (exact) mass is 771 g/mol. The molecule has 0 spiro atoms. The number of aliphatic hydroxyl groups is 3. The molecule has 0 bridgehead atoms. The van der Waals surface area contributed by atoms with E-state index in [1.54, 1.807) is 6.92 Å². The zero-order valence-corrected chi connectivity index (χ0v) is 32.0. The van der Waals surface area contributed by atoms with Crippen molar-refractivity contribution in [3.05, 3.63) is 53.2 Å². The summed E-state index contributed by atoms with van der Waals surface area (Å²) in [6.45, 7) is 8.87. The first-order valence-corrected chi connectivity index (χ1v) is 20.3. The molecule has 14 heteroatoms. The zero-order valence-electron chi connectivity index (χ0n) is 32.0. The van der Waals surface area contributed by atoms with Crippen molar-refractivity contribution < 1.29 is 43.1 Å². The first kappa shape index (κ1) is 38.8. The molecule has 1 aromatic carbocycles. The fourth-order valence-electron chi connectivity index (χ4n) is 11.5. The molecule has 11 nitrogen and oxygen atoms in total. The summed E-state index contributed by atoms with van der Waals surface area (Å²) in [7, 11) is 0. The molecule has 6 aliphatic rings. The lowest BCUT2D eigenvalue weighted by Gasteiger charge is -2.53. The normalized spacial score (nSPS) is 39.5. The van der Waals surface area contributed by atoms with Gasteiger partial charge in [-0.25, -0.2) is 4.98 Å². The quantitative estimate of drug-likeness (QED) is 0.253. The largest absolute Gasteiger partial charge is 0.508 e. The van der Waals surface area contributed by atoms with Crippen molar-refractivity contribution in [1.82, 2.24) is 14.9 Å². The Morgan fingerprint density at radius 3 is 2.55 bits per heavy atom. The summed E-state index contributed by atoms with van der Waals surface area (Å²) >= 11 is 0. The van der Waals surface area contributed by atoms with Crippen molar-refractivity contribution in [3.8, 4) is 11.6 Å². The number of aromatic nitrogens is 1. The number of pyridine rings is 1. The van der Waals surface area contributed by atoms with Crippen LogP contribution in [0.3, 0.4) is 0 Å². The molecule has 3 aliphatic heterocycles. The number of phenols is 1. The number of aromatic hydroxyl groups is 1. The number of ether oxygens (including phenoxy) is 2. The number of likely N-dealkylation sites (tertiary alicyclic amines) is 1. The van der Waals surface area contributed by atoms with Crippen LogP contribution in [0.4, 0.5) is 13.2 Å². The minimum absolute atomic E-state index is 0.0787. The second-order valence-corrected chi connectivity index (χ2v) is 17.8. The van der Waals surface area contributed by atoms with E-state index in [9.17, 15) is 33.6 Å². The Kier molecular flexibility index (Phi) is 10.2. The Labute approximate surface area is 320 Å². The minimum Gasteiger partial charge on any atom is -0.508 e. The van der Waals surface area contributed by atoms with E-state index >= 15 is 0 Å². The Balaban J connectivity index is 0.843. The van der Waals surface area contributed by atoms with Crippen molar-refractivity contribution in [2.75, 3.05) is 26.2 Å². The molecule has 302 valence electrons. The van der Waals surface area contributed by atoms with Crippen molar-refractivity contribution >= 4 is 0 Å². The van der Waals surface area contributed by atoms with E-state index in [1.165, 1.54) is 23.3 Å². The van der Waals surface area contributed by atoms with Crippen LogP contribution < -0.4 is 4.74 Å². The maximum atomic E-state index is 13.4. The van der Waals surface area contributed by atoms with Crippen molar-refractivity contribution in [1.29, 1.82) is 0 Å². The number of nitrogens with zero attached hydrogens (tertiary/aromatic N) is 5. The van der Waals surface area contributed by atoms with Gasteiger partial charge in [0.05, 0.1) is 24.3 Å². The van der Waals surface area contributed by atoms with Gasteiger partial charge in [-0.05, 0) is 137 Å². The number of phenolic OH excluding ortho intramolecular Hbond substituents is 1. The number of rotatable bonds is 8. The summed E-state index contributed by atoms with van der Waals surface area (Å²) in [5, 5.41) is 55.1. The number of aliphatic hydroxyl groups excluding tert-OH is 2. The third kappa shape index (κ3) is 7.01. The molecule has 2 saturated carbocycles. The topological polar surface area (TPSA) is 143 Å². The number of halogens is 3. The number of fused-ring (bicyclic) bond motifs is 5. The highest BCUT2D eigenvalue weighted by molar-refractivity contribution is 5.40. The van der Waals surface area contributed by atoms with E-state index in [1.807, 2.05) is 24.1 Å². The second kappa shape index (κ2) is 14.4. The maximum absolute atomic E-state index is 13.4. The van der Waals surface area contributed by atoms with Crippen molar-refractivity contribution in [2.24, 2.45) is 27.6 Å². The number of benzene rings is 1. The van der Waals surface area contributed by atoms with Crippen molar-refractivity contribution in [3.63, 3.8) is 0 Å². The SMILES string of the molecule is C[C@H]1O[C@H](C2(C)CN(C3CCN(CCC[C@]4(O)CC[C@H]5[C@@H]6CCc7cc(O)ccc7[C@H]6CC[C@@]54C)CC3)N=N2)[C@H](Oc2cccc(C(F)(F)F)n2)[C@@H](O)[C@H]1O. The lowest BCUT2D eigenvalue weighted by Crippen LogP contribution is -2.65. The maximum Gasteiger partial charge on any atom is 0.433 e. The number of alkyl halides is 3. The van der Waals surface area contributed by atoms with Gasteiger partial charge in [-0.3, -0.25) is 5.01 Å². The molecule has 4 fully saturated rings. The summed E-state index contributed by atoms with van der Waals surface area (Å²) in [4.78, 5) is 6.08. The Hall–Kier alpha value is -3.04. The number of piperidine rings is 1. The lowest BCUT2D eigenvalue weighted by atomic mass is 9.53. The molecule has 1 unspecified atom stereocenters. The van der Waals surface area contributed by atoms with Crippen molar-refractivity contribution in [2.45, 2.75) is 145 Å². The molecule has 11 atom stereocenters. The van der Waals surface area contributed by atoms with Gasteiger partial charge in [-0.1, -0.05) is 24.3 Å². The average Bonchev–Trinajstić information content (AvgIpc) is 3.68. The first-order chi connectivity index (χ1) is 26.1. The molecule has 4 heterocycles. The van der Waals surface area contributed by atoms with E-state index in [2.05, 4.69) is 33.2 Å². The van der Waals surface area contributed by atoms with Crippen LogP contribution in [0.2, 0.25) is 0 Å². The van der Waals surface area contributed by atoms with Gasteiger partial charge in [0.25, 0.3) is 0 Å². The average molecular weight is 772 g/mol. The minimum atomic E-state index is -4.68. The zero-order chi connectivity index (χ0) is 38.9. The van der Waals surface area contributed by atoms with Gasteiger partial charge in [0.15, 0.2) is 6.10 Å². The molecule has 1 aromatic heterocycles. The van der Waals surface area contributed by atoms with Crippen LogP contribution in [0.15, 0.2) is 46.7 Å². The fraction of sp³-hybridized carbons (Fsp3) is 0.732. The summed E-state index contributed by atoms with van der Waals surface area (Å²) in [5.74, 6) is 1.64. The van der Waals surface area contributed by atoms with Gasteiger partial charge in [0.2, 0.25) is 5.88 Å². The number of aryl methyl sites for hydroxylation is 1. The molecule has 0 amide bonds. The molecular weight excluding hydrogens is 715 g/mol. The van der Waals surface area contributed by atoms with E-state index in [-0.39, 0.29) is 17.3 Å². The molecule has 2 aromatic rings. The van der Waals surface area contributed by atoms with Crippen LogP contribution in [0.25, 0.3) is 0 Å². The lowest BCUT2D eigenvalue weighted by molar-refractivity contribution is -0.224. The van der Waals surface area contributed by atoms with Gasteiger partial charge in [0, 0.05) is 19.2 Å². The van der Waals surface area contributed by atoms with Crippen LogP contribution in [-0.4, -0.2) is 109 Å². The third-order valence-electron chi connectivity index (χ3n) is 14.7. The van der Waals surface area contributed by atoms with E-state index in [4.69, 9.17) is 9.47 Å². The van der Waals surface area contributed by atoms with E-state index in [0.29, 0.717) is 30.0 Å². The highest BCUT2D eigenvalue weighted by atomic mass is 19.4. The van der Waals surface area contributed by atoms with E-state index in [0.717, 1.165) is 89.9 Å². The predicted molar refractivity (Wildman–Crippen MR) is 196 cm³/mol. The van der Waals surface area contributed by atoms with Gasteiger partial charge in [0.1, 0.15) is 35.3 Å². The van der Waals surface area contributed by atoms with Crippen LogP contribution in [0.1, 0.15) is 101 Å². The molecule has 3 aliphatic carbocycles. The summed E-state index contributed by atoms with van der Waals surface area (Å²) in [6, 6.07) is 9.35. The predicted octanol–water partition coefficient (Wildman–Crippen LogP) is 6.04. The van der Waals surface area contributed by atoms with Gasteiger partial charge in [-0.15, -0.1) is 0 Å². The standard InChI is InChI=1S/C41H56F3N5O6/c1-24-34(51)35(52)36(55-33-7-4-6-32(45-33)41(42,43)44)37(54-24)39(3)23-49(47-46-39)26-14-20-48(21-15-26)19-5-16-40(53)18-13-31-30-10-8-25-22-27(50)9-11-28(25)29(30)12-17-38(31,40)2/h4,6-7,9,11,22,24,26,29-31,34-37,50-53H,5,8,10,12-21,23H2,1-3H3/t24-,29-,30-,31+,34+,35+,36-,37+,38+,39?,40+/m1/s1. The second-order valence-electron chi connectivity index (χ2n) is 17.8. The third-order valence-corrected chi connectivity index (χ3v) is 14.7. The van der Waals surface area contributed by atoms with E-state index < -0.39 is 53.5 Å². The Morgan fingerprint density at radius 2 is 1.78 bits per heavy atom. The van der Waals surface area contributed by atoms with Gasteiger partial charge >= 0.3 is 6.18 Å². The highest BCUT2D eigenvalue weighted by Crippen LogP contribution is 2.65. The molecular formula is C41H56F3N5O6. The first-order valence-electron chi connectivity index (χ1n) is 20.3. The Bertz CT molecular complexity index is 1740. The smallest absolute Gasteiger partial charge is 0.433 e. The number of hydrogen-bond acceptors (Lipinski definition) is 11. The number of hydrogen-bond donors (Lipinski definition) is 4. The fourth-order valence-corrected chi connectivity index (χ4v) is 11.5. The highest BCUT2D eigenvalue weighted by Gasteiger charge is 2.61. The summed E-state index contributed by atoms with van der Waals surface area (Å²) < 4.78 is 52.2. The van der Waals surface area contributed by atoms with Gasteiger partial charge < -0.3 is 34.8 Å². The summed E-state index contributed by atoms with van der Waals surface area (Å²) in [5.41, 5.74) is -0.157. The molecule has 2 saturated heterocycles. The molecule has 8 rings (SSSR count). The Morgan fingerprint density at radius 1 is 1.00 bits per heavy atom. The van der Waals surface area contributed by atoms with Crippen LogP contribution in [0, 0.1) is 17.3 Å². The van der Waals surface area contributed by atoms with Crippen LogP contribution in [0.5, 0.6) is 11.6 Å². The van der Waals surface area contributed by atoms with Gasteiger partial charge in [-0.2, -0.15) is 18.3 Å². The summed E-state index contributed by atoms with van der Waals surface area (Å²) in [6.07, 6.45) is -0.710. The molecule has 55 heavy (non-hydrogen) atoms. The molecule has 4 N–H and O–H groups in total. The molecule has 0 radical (unpaired) electrons. The van der Waals surface area contributed by atoms with Crippen LogP contribution >= 0.6 is 0 Å². The van der Waals surface area contributed by atoms with Crippen LogP contribution in [-0.2, 0) is 17.3 Å².